The zero-order valence-corrected chi connectivity index (χ0v) is 14.5. The van der Waals surface area contributed by atoms with Gasteiger partial charge in [-0.3, -0.25) is 0 Å². The predicted molar refractivity (Wildman–Crippen MR) is 87.6 cm³/mol. The summed E-state index contributed by atoms with van der Waals surface area (Å²) >= 11 is 0. The number of benzene rings is 2. The highest BCUT2D eigenvalue weighted by Crippen LogP contribution is 2.20. The number of sulfonamides is 1. The Hall–Kier alpha value is -1.99. The molecule has 2 aromatic rings. The molecule has 0 aliphatic rings. The van der Waals surface area contributed by atoms with E-state index in [0.717, 1.165) is 27.6 Å². The molecule has 2 aromatic carbocycles. The van der Waals surface area contributed by atoms with Gasteiger partial charge in [-0.1, -0.05) is 6.07 Å². The van der Waals surface area contributed by atoms with Gasteiger partial charge < -0.3 is 4.74 Å². The van der Waals surface area contributed by atoms with Crippen LogP contribution in [0.1, 0.15) is 11.1 Å². The fraction of sp³-hybridized carbons (Fsp3) is 0.294. The fourth-order valence-electron chi connectivity index (χ4n) is 2.28. The van der Waals surface area contributed by atoms with Crippen LogP contribution < -0.4 is 4.74 Å². The molecule has 7 heteroatoms. The average molecular weight is 355 g/mol. The molecule has 2 rings (SSSR count). The summed E-state index contributed by atoms with van der Waals surface area (Å²) in [6, 6.07) is 8.08. The first-order valence-corrected chi connectivity index (χ1v) is 8.76. The van der Waals surface area contributed by atoms with E-state index in [4.69, 9.17) is 4.74 Å². The molecule has 0 saturated carbocycles. The minimum absolute atomic E-state index is 0.0339. The maximum atomic E-state index is 13.7. The molecular weight excluding hydrogens is 336 g/mol. The molecule has 0 radical (unpaired) electrons. The van der Waals surface area contributed by atoms with Crippen LogP contribution in [-0.4, -0.2) is 32.9 Å². The highest BCUT2D eigenvalue weighted by molar-refractivity contribution is 7.89. The van der Waals surface area contributed by atoms with Gasteiger partial charge >= 0.3 is 0 Å². The van der Waals surface area contributed by atoms with Crippen LogP contribution in [0.4, 0.5) is 8.78 Å². The average Bonchev–Trinajstić information content (AvgIpc) is 2.45. The van der Waals surface area contributed by atoms with E-state index in [-0.39, 0.29) is 13.2 Å². The minimum atomic E-state index is -4.05. The maximum Gasteiger partial charge on any atom is 0.245 e. The quantitative estimate of drug-likeness (QED) is 0.799. The molecule has 0 aliphatic heterocycles. The second kappa shape index (κ2) is 7.27. The van der Waals surface area contributed by atoms with Crippen LogP contribution >= 0.6 is 0 Å². The van der Waals surface area contributed by atoms with Gasteiger partial charge in [0.2, 0.25) is 10.0 Å². The first-order valence-electron chi connectivity index (χ1n) is 7.32. The Morgan fingerprint density at radius 2 is 1.67 bits per heavy atom. The number of ether oxygens (including phenoxy) is 1. The van der Waals surface area contributed by atoms with Crippen molar-refractivity contribution in [3.8, 4) is 5.75 Å². The molecule has 0 spiro atoms. The van der Waals surface area contributed by atoms with Gasteiger partial charge in [0.15, 0.2) is 0 Å². The Kier molecular flexibility index (Phi) is 5.56. The summed E-state index contributed by atoms with van der Waals surface area (Å²) in [5, 5.41) is 0. The van der Waals surface area contributed by atoms with Crippen LogP contribution in [0.15, 0.2) is 41.3 Å². The van der Waals surface area contributed by atoms with Crippen LogP contribution in [0.25, 0.3) is 0 Å². The molecule has 0 atom stereocenters. The monoisotopic (exact) mass is 355 g/mol. The molecular formula is C17H19F2NO3S. The van der Waals surface area contributed by atoms with E-state index in [1.165, 1.54) is 7.05 Å². The Morgan fingerprint density at radius 3 is 2.25 bits per heavy atom. The number of hydrogen-bond acceptors (Lipinski definition) is 3. The van der Waals surface area contributed by atoms with Crippen LogP contribution in [0.2, 0.25) is 0 Å². The standard InChI is InChI=1S/C17H19F2NO3S/c1-12-8-13(2)10-15(9-12)23-7-6-20(3)24(21,22)17-5-4-14(18)11-16(17)19/h4-5,8-11H,6-7H2,1-3H3. The normalized spacial score (nSPS) is 11.8. The maximum absolute atomic E-state index is 13.7. The summed E-state index contributed by atoms with van der Waals surface area (Å²) in [6.45, 7) is 4.02. The van der Waals surface area contributed by atoms with E-state index >= 15 is 0 Å². The van der Waals surface area contributed by atoms with Crippen LogP contribution in [-0.2, 0) is 10.0 Å². The molecule has 130 valence electrons. The zero-order valence-electron chi connectivity index (χ0n) is 13.7. The number of halogens is 2. The van der Waals surface area contributed by atoms with Crippen molar-refractivity contribution in [1.82, 2.24) is 4.31 Å². The van der Waals surface area contributed by atoms with Crippen molar-refractivity contribution < 1.29 is 21.9 Å². The van der Waals surface area contributed by atoms with E-state index in [9.17, 15) is 17.2 Å². The van der Waals surface area contributed by atoms with Crippen molar-refractivity contribution >= 4 is 10.0 Å². The Morgan fingerprint density at radius 1 is 1.04 bits per heavy atom. The van der Waals surface area contributed by atoms with E-state index in [1.807, 2.05) is 32.0 Å². The molecule has 0 saturated heterocycles. The first-order chi connectivity index (χ1) is 11.2. The molecule has 0 N–H and O–H groups in total. The van der Waals surface area contributed by atoms with Gasteiger partial charge in [0, 0.05) is 19.7 Å². The van der Waals surface area contributed by atoms with Gasteiger partial charge in [0.25, 0.3) is 0 Å². The topological polar surface area (TPSA) is 46.6 Å². The zero-order chi connectivity index (χ0) is 17.9. The highest BCUT2D eigenvalue weighted by Gasteiger charge is 2.24. The molecule has 0 fully saturated rings. The van der Waals surface area contributed by atoms with E-state index in [1.54, 1.807) is 0 Å². The summed E-state index contributed by atoms with van der Waals surface area (Å²) < 4.78 is 57.8. The van der Waals surface area contributed by atoms with Gasteiger partial charge in [-0.15, -0.1) is 0 Å². The summed E-state index contributed by atoms with van der Waals surface area (Å²) in [5.74, 6) is -1.30. The third kappa shape index (κ3) is 4.30. The molecule has 0 unspecified atom stereocenters. The lowest BCUT2D eigenvalue weighted by Crippen LogP contribution is -2.31. The number of rotatable bonds is 6. The SMILES string of the molecule is Cc1cc(C)cc(OCCN(C)S(=O)(=O)c2ccc(F)cc2F)c1. The minimum Gasteiger partial charge on any atom is -0.492 e. The molecule has 24 heavy (non-hydrogen) atoms. The summed E-state index contributed by atoms with van der Waals surface area (Å²) in [5.41, 5.74) is 2.08. The largest absolute Gasteiger partial charge is 0.492 e. The Labute approximate surface area is 140 Å². The first kappa shape index (κ1) is 18.4. The van der Waals surface area contributed by atoms with Crippen LogP contribution in [0, 0.1) is 25.5 Å². The number of hydrogen-bond donors (Lipinski definition) is 0. The van der Waals surface area contributed by atoms with Crippen molar-refractivity contribution in [1.29, 1.82) is 0 Å². The number of aryl methyl sites for hydroxylation is 2. The molecule has 0 aliphatic carbocycles. The van der Waals surface area contributed by atoms with E-state index < -0.39 is 26.6 Å². The van der Waals surface area contributed by atoms with Gasteiger partial charge in [-0.25, -0.2) is 17.2 Å². The summed E-state index contributed by atoms with van der Waals surface area (Å²) in [4.78, 5) is -0.558. The lowest BCUT2D eigenvalue weighted by atomic mass is 10.1. The summed E-state index contributed by atoms with van der Waals surface area (Å²) in [6.07, 6.45) is 0. The van der Waals surface area contributed by atoms with E-state index in [0.29, 0.717) is 11.8 Å². The van der Waals surface area contributed by atoms with E-state index in [2.05, 4.69) is 0 Å². The number of nitrogens with zero attached hydrogens (tertiary/aromatic N) is 1. The molecule has 0 heterocycles. The van der Waals surface area contributed by atoms with Crippen LogP contribution in [0.3, 0.4) is 0 Å². The summed E-state index contributed by atoms with van der Waals surface area (Å²) in [7, 11) is -2.72. The second-order valence-electron chi connectivity index (χ2n) is 5.57. The predicted octanol–water partition coefficient (Wildman–Crippen LogP) is 3.28. The molecule has 4 nitrogen and oxygen atoms in total. The van der Waals surface area contributed by atoms with Crippen molar-refractivity contribution in [2.45, 2.75) is 18.7 Å². The highest BCUT2D eigenvalue weighted by atomic mass is 32.2. The van der Waals surface area contributed by atoms with Crippen molar-refractivity contribution in [2.24, 2.45) is 0 Å². The van der Waals surface area contributed by atoms with Crippen molar-refractivity contribution in [3.05, 3.63) is 59.2 Å². The third-order valence-electron chi connectivity index (χ3n) is 3.45. The van der Waals surface area contributed by atoms with Crippen molar-refractivity contribution in [2.75, 3.05) is 20.2 Å². The van der Waals surface area contributed by atoms with Crippen LogP contribution in [0.5, 0.6) is 5.75 Å². The lowest BCUT2D eigenvalue weighted by Gasteiger charge is -2.18. The molecule has 0 amide bonds. The van der Waals surface area contributed by atoms with Gasteiger partial charge in [-0.05, 0) is 49.2 Å². The van der Waals surface area contributed by atoms with Gasteiger partial charge in [0.1, 0.15) is 28.9 Å². The van der Waals surface area contributed by atoms with Gasteiger partial charge in [0.05, 0.1) is 0 Å². The lowest BCUT2D eigenvalue weighted by molar-refractivity contribution is 0.286. The smallest absolute Gasteiger partial charge is 0.245 e. The Bertz CT molecular complexity index is 817. The third-order valence-corrected chi connectivity index (χ3v) is 5.34. The number of likely N-dealkylation sites (N-methyl/N-ethyl adjacent to an activating group) is 1. The van der Waals surface area contributed by atoms with Crippen molar-refractivity contribution in [3.63, 3.8) is 0 Å². The second-order valence-corrected chi connectivity index (χ2v) is 7.59. The Balaban J connectivity index is 2.04. The molecule has 0 aromatic heterocycles. The van der Waals surface area contributed by atoms with Gasteiger partial charge in [-0.2, -0.15) is 4.31 Å². The fourth-order valence-corrected chi connectivity index (χ4v) is 3.48. The molecule has 0 bridgehead atoms.